The van der Waals surface area contributed by atoms with Crippen LogP contribution in [0, 0.1) is 0 Å². The zero-order chi connectivity index (χ0) is 8.97. The highest BCUT2D eigenvalue weighted by atomic mass is 32.1. The Labute approximate surface area is 74.0 Å². The minimum atomic E-state index is -0.0347. The number of aromatic nitrogens is 2. The van der Waals surface area contributed by atoms with Crippen LogP contribution in [0.3, 0.4) is 0 Å². The molecule has 1 aromatic heterocycles. The topological polar surface area (TPSA) is 80.9 Å². The van der Waals surface area contributed by atoms with Crippen LogP contribution in [0.2, 0.25) is 0 Å². The standard InChI is InChI=1S/C6H10N4OS/c1-4(11)8-3-2-5-9-10-6(7)12-5/h2-3H2,1H3,(H2,7,10)(H,8,11). The van der Waals surface area contributed by atoms with Crippen molar-refractivity contribution >= 4 is 22.4 Å². The molecule has 0 bridgehead atoms. The van der Waals surface area contributed by atoms with Crippen molar-refractivity contribution in [3.8, 4) is 0 Å². The first kappa shape index (κ1) is 8.92. The fourth-order valence-corrected chi connectivity index (χ4v) is 1.32. The van der Waals surface area contributed by atoms with Crippen LogP contribution in [0.1, 0.15) is 11.9 Å². The number of carbonyl (C=O) groups excluding carboxylic acids is 1. The van der Waals surface area contributed by atoms with Crippen molar-refractivity contribution in [3.05, 3.63) is 5.01 Å². The lowest BCUT2D eigenvalue weighted by Gasteiger charge is -1.96. The van der Waals surface area contributed by atoms with Crippen LogP contribution in [0.4, 0.5) is 5.13 Å². The van der Waals surface area contributed by atoms with Gasteiger partial charge < -0.3 is 11.1 Å². The lowest BCUT2D eigenvalue weighted by molar-refractivity contribution is -0.118. The molecule has 6 heteroatoms. The number of nitrogens with zero attached hydrogens (tertiary/aromatic N) is 2. The van der Waals surface area contributed by atoms with Gasteiger partial charge in [0.15, 0.2) is 0 Å². The summed E-state index contributed by atoms with van der Waals surface area (Å²) in [5, 5.41) is 11.4. The molecule has 1 aromatic rings. The molecule has 1 rings (SSSR count). The second-order valence-corrected chi connectivity index (χ2v) is 3.36. The van der Waals surface area contributed by atoms with Gasteiger partial charge in [0, 0.05) is 19.9 Å². The molecule has 66 valence electrons. The van der Waals surface area contributed by atoms with E-state index in [0.717, 1.165) is 5.01 Å². The zero-order valence-corrected chi connectivity index (χ0v) is 7.52. The van der Waals surface area contributed by atoms with Gasteiger partial charge in [-0.15, -0.1) is 10.2 Å². The molecule has 1 heterocycles. The molecule has 0 unspecified atom stereocenters. The van der Waals surface area contributed by atoms with Crippen molar-refractivity contribution in [3.63, 3.8) is 0 Å². The van der Waals surface area contributed by atoms with E-state index in [9.17, 15) is 4.79 Å². The van der Waals surface area contributed by atoms with Gasteiger partial charge in [-0.1, -0.05) is 11.3 Å². The lowest BCUT2D eigenvalue weighted by Crippen LogP contribution is -2.22. The zero-order valence-electron chi connectivity index (χ0n) is 6.70. The third kappa shape index (κ3) is 2.83. The summed E-state index contributed by atoms with van der Waals surface area (Å²) < 4.78 is 0. The summed E-state index contributed by atoms with van der Waals surface area (Å²) in [5.41, 5.74) is 5.37. The Bertz CT molecular complexity index is 272. The Morgan fingerprint density at radius 1 is 1.67 bits per heavy atom. The van der Waals surface area contributed by atoms with Crippen LogP contribution in [0.15, 0.2) is 0 Å². The van der Waals surface area contributed by atoms with Crippen LogP contribution < -0.4 is 11.1 Å². The van der Waals surface area contributed by atoms with E-state index in [1.54, 1.807) is 0 Å². The van der Waals surface area contributed by atoms with Gasteiger partial charge in [0.25, 0.3) is 0 Å². The van der Waals surface area contributed by atoms with Gasteiger partial charge in [-0.25, -0.2) is 0 Å². The number of anilines is 1. The van der Waals surface area contributed by atoms with Gasteiger partial charge in [0.1, 0.15) is 5.01 Å². The molecule has 0 aliphatic carbocycles. The van der Waals surface area contributed by atoms with Crippen molar-refractivity contribution in [2.45, 2.75) is 13.3 Å². The van der Waals surface area contributed by atoms with E-state index in [2.05, 4.69) is 15.5 Å². The molecule has 12 heavy (non-hydrogen) atoms. The molecule has 0 spiro atoms. The van der Waals surface area contributed by atoms with Gasteiger partial charge in [-0.05, 0) is 0 Å². The van der Waals surface area contributed by atoms with Crippen molar-refractivity contribution in [1.29, 1.82) is 0 Å². The average Bonchev–Trinajstić information content (AvgIpc) is 2.35. The predicted octanol–water partition coefficient (Wildman–Crippen LogP) is -0.201. The maximum atomic E-state index is 10.5. The smallest absolute Gasteiger partial charge is 0.216 e. The molecule has 5 nitrogen and oxygen atoms in total. The maximum absolute atomic E-state index is 10.5. The summed E-state index contributed by atoms with van der Waals surface area (Å²) in [7, 11) is 0. The molecular formula is C6H10N4OS. The molecule has 0 aromatic carbocycles. The summed E-state index contributed by atoms with van der Waals surface area (Å²) >= 11 is 1.34. The molecule has 3 N–H and O–H groups in total. The number of nitrogen functional groups attached to an aromatic ring is 1. The Hall–Kier alpha value is -1.17. The Kier molecular flexibility index (Phi) is 2.98. The number of nitrogens with one attached hydrogen (secondary N) is 1. The van der Waals surface area contributed by atoms with E-state index >= 15 is 0 Å². The predicted molar refractivity (Wildman–Crippen MR) is 46.7 cm³/mol. The SMILES string of the molecule is CC(=O)NCCc1nnc(N)s1. The van der Waals surface area contributed by atoms with Gasteiger partial charge in [0.2, 0.25) is 11.0 Å². The largest absolute Gasteiger partial charge is 0.374 e. The molecule has 0 radical (unpaired) electrons. The highest BCUT2D eigenvalue weighted by Gasteiger charge is 2.00. The molecule has 0 saturated heterocycles. The fraction of sp³-hybridized carbons (Fsp3) is 0.500. The van der Waals surface area contributed by atoms with Crippen LogP contribution in [-0.2, 0) is 11.2 Å². The van der Waals surface area contributed by atoms with E-state index in [4.69, 9.17) is 5.73 Å². The Morgan fingerprint density at radius 3 is 2.92 bits per heavy atom. The quantitative estimate of drug-likeness (QED) is 0.685. The summed E-state index contributed by atoms with van der Waals surface area (Å²) in [6.07, 6.45) is 0.689. The third-order valence-corrected chi connectivity index (χ3v) is 2.01. The lowest BCUT2D eigenvalue weighted by atomic mass is 10.4. The van der Waals surface area contributed by atoms with Gasteiger partial charge in [0.05, 0.1) is 0 Å². The van der Waals surface area contributed by atoms with Crippen LogP contribution in [0.25, 0.3) is 0 Å². The first-order valence-electron chi connectivity index (χ1n) is 3.51. The van der Waals surface area contributed by atoms with Crippen LogP contribution in [0.5, 0.6) is 0 Å². The number of carbonyl (C=O) groups is 1. The first-order valence-corrected chi connectivity index (χ1v) is 4.32. The molecule has 1 amide bonds. The van der Waals surface area contributed by atoms with Crippen molar-refractivity contribution in [2.24, 2.45) is 0 Å². The monoisotopic (exact) mass is 186 g/mol. The first-order chi connectivity index (χ1) is 5.68. The highest BCUT2D eigenvalue weighted by molar-refractivity contribution is 7.15. The minimum Gasteiger partial charge on any atom is -0.374 e. The number of amides is 1. The van der Waals surface area contributed by atoms with Crippen LogP contribution >= 0.6 is 11.3 Å². The number of hydrogen-bond acceptors (Lipinski definition) is 5. The molecule has 0 fully saturated rings. The van der Waals surface area contributed by atoms with Gasteiger partial charge >= 0.3 is 0 Å². The fourth-order valence-electron chi connectivity index (χ4n) is 0.713. The normalized spacial score (nSPS) is 9.75. The third-order valence-electron chi connectivity index (χ3n) is 1.20. The van der Waals surface area contributed by atoms with Crippen molar-refractivity contribution in [1.82, 2.24) is 15.5 Å². The summed E-state index contributed by atoms with van der Waals surface area (Å²) in [6, 6.07) is 0. The van der Waals surface area contributed by atoms with E-state index in [1.165, 1.54) is 18.3 Å². The van der Waals surface area contributed by atoms with Crippen molar-refractivity contribution in [2.75, 3.05) is 12.3 Å². The van der Waals surface area contributed by atoms with Gasteiger partial charge in [-0.3, -0.25) is 4.79 Å². The van der Waals surface area contributed by atoms with Crippen LogP contribution in [-0.4, -0.2) is 22.6 Å². The summed E-state index contributed by atoms with van der Waals surface area (Å²) in [6.45, 7) is 2.07. The minimum absolute atomic E-state index is 0.0347. The number of nitrogens with two attached hydrogens (primary N) is 1. The van der Waals surface area contributed by atoms with Gasteiger partial charge in [-0.2, -0.15) is 0 Å². The summed E-state index contributed by atoms with van der Waals surface area (Å²) in [5.74, 6) is -0.0347. The maximum Gasteiger partial charge on any atom is 0.216 e. The molecular weight excluding hydrogens is 176 g/mol. The van der Waals surface area contributed by atoms with Crippen molar-refractivity contribution < 1.29 is 4.79 Å². The molecule has 0 aliphatic heterocycles. The molecule has 0 atom stereocenters. The van der Waals surface area contributed by atoms with E-state index in [0.29, 0.717) is 18.1 Å². The Morgan fingerprint density at radius 2 is 2.42 bits per heavy atom. The highest BCUT2D eigenvalue weighted by Crippen LogP contribution is 2.10. The van der Waals surface area contributed by atoms with E-state index in [1.807, 2.05) is 0 Å². The second kappa shape index (κ2) is 4.01. The molecule has 0 aliphatic rings. The summed E-state index contributed by atoms with van der Waals surface area (Å²) in [4.78, 5) is 10.5. The van der Waals surface area contributed by atoms with E-state index < -0.39 is 0 Å². The number of rotatable bonds is 3. The molecule has 0 saturated carbocycles. The Balaban J connectivity index is 2.29. The average molecular weight is 186 g/mol. The van der Waals surface area contributed by atoms with E-state index in [-0.39, 0.29) is 5.91 Å². The second-order valence-electron chi connectivity index (χ2n) is 2.27. The number of hydrogen-bond donors (Lipinski definition) is 2.